The van der Waals surface area contributed by atoms with Crippen LogP contribution in [0.1, 0.15) is 30.0 Å². The Kier molecular flexibility index (Phi) is 6.03. The predicted octanol–water partition coefficient (Wildman–Crippen LogP) is 4.53. The first kappa shape index (κ1) is 22.5. The maximum atomic E-state index is 13.0. The van der Waals surface area contributed by atoms with Gasteiger partial charge in [0.25, 0.3) is 0 Å². The molecule has 0 spiro atoms. The number of para-hydroxylation sites is 1. The summed E-state index contributed by atoms with van der Waals surface area (Å²) in [4.78, 5) is 16.8. The molecule has 2 fully saturated rings. The first-order valence-corrected chi connectivity index (χ1v) is 11.5. The minimum atomic E-state index is -4.36. The highest BCUT2D eigenvalue weighted by Gasteiger charge is 2.31. The van der Waals surface area contributed by atoms with E-state index in [2.05, 4.69) is 5.32 Å². The van der Waals surface area contributed by atoms with Crippen molar-refractivity contribution in [2.75, 3.05) is 42.9 Å². The topological polar surface area (TPSA) is 53.4 Å². The van der Waals surface area contributed by atoms with E-state index in [0.29, 0.717) is 43.6 Å². The second-order valence-electron chi connectivity index (χ2n) is 8.84. The standard InChI is InChI=1S/C25H26F3N5O/c26-25(27,28)19-5-4-8-21(15-19)32-13-11-31(12-14-32)17-24(34)29-23-16-22(18-9-10-18)30-33(23)20-6-2-1-3-7-20/h1-8,15-16,18H,9-14,17H2,(H,29,34). The van der Waals surface area contributed by atoms with E-state index in [0.717, 1.165) is 30.3 Å². The summed E-state index contributed by atoms with van der Waals surface area (Å²) in [5, 5.41) is 7.72. The molecule has 34 heavy (non-hydrogen) atoms. The Hall–Kier alpha value is -3.33. The van der Waals surface area contributed by atoms with Gasteiger partial charge in [-0.05, 0) is 43.2 Å². The Bertz CT molecular complexity index is 1150. The van der Waals surface area contributed by atoms with Crippen LogP contribution in [0.3, 0.4) is 0 Å². The van der Waals surface area contributed by atoms with Gasteiger partial charge in [-0.15, -0.1) is 0 Å². The highest BCUT2D eigenvalue weighted by molar-refractivity contribution is 5.91. The number of benzene rings is 2. The lowest BCUT2D eigenvalue weighted by Crippen LogP contribution is -2.48. The van der Waals surface area contributed by atoms with Crippen LogP contribution in [0.15, 0.2) is 60.7 Å². The predicted molar refractivity (Wildman–Crippen MR) is 124 cm³/mol. The molecule has 1 aliphatic carbocycles. The highest BCUT2D eigenvalue weighted by Crippen LogP contribution is 2.40. The van der Waals surface area contributed by atoms with Crippen LogP contribution >= 0.6 is 0 Å². The lowest BCUT2D eigenvalue weighted by Gasteiger charge is -2.36. The fraction of sp³-hybridized carbons (Fsp3) is 0.360. The van der Waals surface area contributed by atoms with E-state index in [9.17, 15) is 18.0 Å². The van der Waals surface area contributed by atoms with Gasteiger partial charge in [0, 0.05) is 43.9 Å². The van der Waals surface area contributed by atoms with Crippen molar-refractivity contribution in [1.29, 1.82) is 0 Å². The summed E-state index contributed by atoms with van der Waals surface area (Å²) >= 11 is 0. The molecular weight excluding hydrogens is 443 g/mol. The fourth-order valence-electron chi connectivity index (χ4n) is 4.26. The maximum absolute atomic E-state index is 13.0. The first-order valence-electron chi connectivity index (χ1n) is 11.5. The normalized spacial score (nSPS) is 17.1. The SMILES string of the molecule is O=C(CN1CCN(c2cccc(C(F)(F)F)c2)CC1)Nc1cc(C2CC2)nn1-c1ccccc1. The van der Waals surface area contributed by atoms with Crippen molar-refractivity contribution in [3.8, 4) is 5.69 Å². The summed E-state index contributed by atoms with van der Waals surface area (Å²) in [5.41, 5.74) is 1.79. The van der Waals surface area contributed by atoms with Gasteiger partial charge in [-0.1, -0.05) is 24.3 Å². The van der Waals surface area contributed by atoms with E-state index >= 15 is 0 Å². The number of alkyl halides is 3. The third kappa shape index (κ3) is 5.09. The molecule has 0 radical (unpaired) electrons. The number of piperazine rings is 1. The molecule has 2 heterocycles. The molecule has 0 bridgehead atoms. The van der Waals surface area contributed by atoms with Crippen LogP contribution < -0.4 is 10.2 Å². The fourth-order valence-corrected chi connectivity index (χ4v) is 4.26. The van der Waals surface area contributed by atoms with Crippen molar-refractivity contribution in [3.05, 3.63) is 71.9 Å². The number of carbonyl (C=O) groups is 1. The van der Waals surface area contributed by atoms with Crippen molar-refractivity contribution >= 4 is 17.4 Å². The number of nitrogens with zero attached hydrogens (tertiary/aromatic N) is 4. The van der Waals surface area contributed by atoms with Gasteiger partial charge in [-0.2, -0.15) is 18.3 Å². The number of halogens is 3. The van der Waals surface area contributed by atoms with E-state index < -0.39 is 11.7 Å². The van der Waals surface area contributed by atoms with Gasteiger partial charge in [-0.25, -0.2) is 4.68 Å². The van der Waals surface area contributed by atoms with E-state index in [1.165, 1.54) is 12.1 Å². The molecule has 1 saturated carbocycles. The second kappa shape index (κ2) is 9.13. The Morgan fingerprint density at radius 3 is 2.32 bits per heavy atom. The molecule has 1 amide bonds. The monoisotopic (exact) mass is 469 g/mol. The zero-order chi connectivity index (χ0) is 23.7. The average Bonchev–Trinajstić information content (AvgIpc) is 3.60. The van der Waals surface area contributed by atoms with Crippen molar-refractivity contribution in [2.24, 2.45) is 0 Å². The number of aromatic nitrogens is 2. The molecule has 178 valence electrons. The summed E-state index contributed by atoms with van der Waals surface area (Å²) in [7, 11) is 0. The Labute approximate surface area is 196 Å². The van der Waals surface area contributed by atoms with Gasteiger partial charge >= 0.3 is 6.18 Å². The average molecular weight is 470 g/mol. The molecule has 1 saturated heterocycles. The number of hydrogen-bond acceptors (Lipinski definition) is 4. The van der Waals surface area contributed by atoms with Gasteiger partial charge < -0.3 is 10.2 Å². The number of anilines is 2. The van der Waals surface area contributed by atoms with Crippen molar-refractivity contribution in [3.63, 3.8) is 0 Å². The number of carbonyl (C=O) groups excluding carboxylic acids is 1. The lowest BCUT2D eigenvalue weighted by molar-refractivity contribution is -0.137. The molecule has 6 nitrogen and oxygen atoms in total. The summed E-state index contributed by atoms with van der Waals surface area (Å²) in [6, 6.07) is 17.1. The number of hydrogen-bond donors (Lipinski definition) is 1. The molecule has 0 unspecified atom stereocenters. The molecule has 0 atom stereocenters. The maximum Gasteiger partial charge on any atom is 0.416 e. The van der Waals surface area contributed by atoms with Crippen LogP contribution in [0.25, 0.3) is 5.69 Å². The minimum absolute atomic E-state index is 0.132. The lowest BCUT2D eigenvalue weighted by atomic mass is 10.1. The van der Waals surface area contributed by atoms with Gasteiger partial charge in [0.05, 0.1) is 23.5 Å². The molecule has 1 aliphatic heterocycles. The second-order valence-corrected chi connectivity index (χ2v) is 8.84. The van der Waals surface area contributed by atoms with Crippen molar-refractivity contribution < 1.29 is 18.0 Å². The summed E-state index contributed by atoms with van der Waals surface area (Å²) in [5.74, 6) is 0.984. The third-order valence-corrected chi connectivity index (χ3v) is 6.27. The van der Waals surface area contributed by atoms with Crippen LogP contribution in [0, 0.1) is 0 Å². The Balaban J connectivity index is 1.20. The van der Waals surface area contributed by atoms with Crippen LogP contribution in [0.5, 0.6) is 0 Å². The molecule has 2 aliphatic rings. The minimum Gasteiger partial charge on any atom is -0.369 e. The highest BCUT2D eigenvalue weighted by atomic mass is 19.4. The van der Waals surface area contributed by atoms with Gasteiger partial charge in [0.15, 0.2) is 0 Å². The van der Waals surface area contributed by atoms with E-state index in [-0.39, 0.29) is 12.5 Å². The van der Waals surface area contributed by atoms with Crippen LogP contribution in [-0.4, -0.2) is 53.3 Å². The molecule has 1 N–H and O–H groups in total. The molecule has 3 aromatic rings. The summed E-state index contributed by atoms with van der Waals surface area (Å²) < 4.78 is 40.9. The third-order valence-electron chi connectivity index (χ3n) is 6.27. The molecule has 2 aromatic carbocycles. The zero-order valence-corrected chi connectivity index (χ0v) is 18.6. The Morgan fingerprint density at radius 2 is 1.65 bits per heavy atom. The molecular formula is C25H26F3N5O. The summed E-state index contributed by atoms with van der Waals surface area (Å²) in [6.07, 6.45) is -2.12. The van der Waals surface area contributed by atoms with Gasteiger partial charge in [-0.3, -0.25) is 9.69 Å². The van der Waals surface area contributed by atoms with E-state index in [1.807, 2.05) is 46.2 Å². The molecule has 1 aromatic heterocycles. The Morgan fingerprint density at radius 1 is 0.941 bits per heavy atom. The first-order chi connectivity index (χ1) is 16.4. The van der Waals surface area contributed by atoms with Crippen LogP contribution in [-0.2, 0) is 11.0 Å². The van der Waals surface area contributed by atoms with Crippen LogP contribution in [0.4, 0.5) is 24.7 Å². The van der Waals surface area contributed by atoms with Crippen molar-refractivity contribution in [1.82, 2.24) is 14.7 Å². The van der Waals surface area contributed by atoms with E-state index in [4.69, 9.17) is 5.10 Å². The van der Waals surface area contributed by atoms with Gasteiger partial charge in [0.2, 0.25) is 5.91 Å². The van der Waals surface area contributed by atoms with Gasteiger partial charge in [0.1, 0.15) is 5.82 Å². The van der Waals surface area contributed by atoms with Crippen molar-refractivity contribution in [2.45, 2.75) is 24.9 Å². The van der Waals surface area contributed by atoms with E-state index in [1.54, 1.807) is 10.7 Å². The molecule has 9 heteroatoms. The number of rotatable bonds is 6. The number of nitrogens with one attached hydrogen (secondary N) is 1. The zero-order valence-electron chi connectivity index (χ0n) is 18.6. The van der Waals surface area contributed by atoms with Crippen LogP contribution in [0.2, 0.25) is 0 Å². The largest absolute Gasteiger partial charge is 0.416 e. The molecule has 5 rings (SSSR count). The summed E-state index contributed by atoms with van der Waals surface area (Å²) in [6.45, 7) is 2.52. The smallest absolute Gasteiger partial charge is 0.369 e. The number of amides is 1. The quantitative estimate of drug-likeness (QED) is 0.577.